The van der Waals surface area contributed by atoms with E-state index in [-0.39, 0.29) is 0 Å². The molecule has 1 amide bonds. The summed E-state index contributed by atoms with van der Waals surface area (Å²) in [5.41, 5.74) is 9.73. The Labute approximate surface area is 210 Å². The van der Waals surface area contributed by atoms with Crippen LogP contribution in [0, 0.1) is 6.92 Å². The highest BCUT2D eigenvalue weighted by Gasteiger charge is 2.34. The lowest BCUT2D eigenvalue weighted by Crippen LogP contribution is -2.39. The number of amides is 1. The van der Waals surface area contributed by atoms with E-state index < -0.39 is 11.4 Å². The van der Waals surface area contributed by atoms with Gasteiger partial charge in [-0.3, -0.25) is 19.7 Å². The zero-order chi connectivity index (χ0) is 25.1. The number of anilines is 2. The lowest BCUT2D eigenvalue weighted by molar-refractivity contribution is 0.0354. The van der Waals surface area contributed by atoms with Gasteiger partial charge >= 0.3 is 0 Å². The number of aryl methyl sites for hydroxylation is 1. The molecule has 0 spiro atoms. The molecule has 3 heterocycles. The third-order valence-corrected chi connectivity index (χ3v) is 7.00. The lowest BCUT2D eigenvalue weighted by Gasteiger charge is -2.32. The van der Waals surface area contributed by atoms with Gasteiger partial charge < -0.3 is 20.5 Å². The molecule has 0 saturated carbocycles. The van der Waals surface area contributed by atoms with Crippen LogP contribution in [-0.2, 0) is 10.3 Å². The Morgan fingerprint density at radius 3 is 2.75 bits per heavy atom. The number of nitrogens with zero attached hydrogens (tertiary/aromatic N) is 3. The lowest BCUT2D eigenvalue weighted by atomic mass is 9.85. The molecule has 36 heavy (non-hydrogen) atoms. The molecule has 0 aliphatic carbocycles. The van der Waals surface area contributed by atoms with Crippen LogP contribution in [0.15, 0.2) is 59.7 Å². The minimum Gasteiger partial charge on any atom is -0.496 e. The van der Waals surface area contributed by atoms with Crippen LogP contribution in [0.5, 0.6) is 5.75 Å². The van der Waals surface area contributed by atoms with E-state index in [2.05, 4.69) is 21.3 Å². The number of para-hydroxylation sites is 1. The van der Waals surface area contributed by atoms with Crippen LogP contribution >= 0.6 is 0 Å². The predicted molar refractivity (Wildman–Crippen MR) is 142 cm³/mol. The molecular formula is C28H31N5O3. The van der Waals surface area contributed by atoms with Gasteiger partial charge in [-0.15, -0.1) is 0 Å². The average Bonchev–Trinajstić information content (AvgIpc) is 3.38. The number of carbonyl (C=O) groups excluding carboxylic acids is 1. The summed E-state index contributed by atoms with van der Waals surface area (Å²) in [6.07, 6.45) is 8.29. The molecule has 0 radical (unpaired) electrons. The maximum Gasteiger partial charge on any atom is 0.252 e. The number of rotatable bonds is 8. The van der Waals surface area contributed by atoms with Crippen molar-refractivity contribution in [3.63, 3.8) is 0 Å². The quantitative estimate of drug-likeness (QED) is 0.501. The molecule has 3 N–H and O–H groups in total. The number of aromatic nitrogens is 1. The van der Waals surface area contributed by atoms with Gasteiger partial charge in [0.05, 0.1) is 37.1 Å². The van der Waals surface area contributed by atoms with Crippen molar-refractivity contribution in [2.45, 2.75) is 18.9 Å². The van der Waals surface area contributed by atoms with E-state index in [1.54, 1.807) is 7.11 Å². The van der Waals surface area contributed by atoms with Gasteiger partial charge in [-0.05, 0) is 43.2 Å². The van der Waals surface area contributed by atoms with E-state index in [9.17, 15) is 4.79 Å². The first-order valence-corrected chi connectivity index (χ1v) is 12.2. The maximum atomic E-state index is 12.3. The van der Waals surface area contributed by atoms with Crippen LogP contribution in [0.4, 0.5) is 11.4 Å². The van der Waals surface area contributed by atoms with Crippen molar-refractivity contribution in [1.82, 2.24) is 9.88 Å². The molecule has 186 valence electrons. The Bertz CT molecular complexity index is 1330. The second-order valence-electron chi connectivity index (χ2n) is 9.19. The standard InChI is InChI=1S/C28H31N5O3/c1-19-6-3-4-7-23(19)32-26-20-16-25(35-2)22(17-24(20)30-18-21(26)27(29)34)28(8-5-10-31-28)9-11-33-12-14-36-15-13-33/h3-8,10,16-18H,9,11-15H2,1-2H3,(H2,29,34)(H,30,32). The van der Waals surface area contributed by atoms with Gasteiger partial charge in [0.15, 0.2) is 0 Å². The summed E-state index contributed by atoms with van der Waals surface area (Å²) in [5, 5.41) is 4.18. The number of aliphatic imine (C=N–C) groups is 1. The van der Waals surface area contributed by atoms with Crippen LogP contribution in [-0.4, -0.2) is 62.0 Å². The van der Waals surface area contributed by atoms with E-state index >= 15 is 0 Å². The summed E-state index contributed by atoms with van der Waals surface area (Å²) in [4.78, 5) is 24.2. The average molecular weight is 486 g/mol. The minimum atomic E-state index is -0.550. The van der Waals surface area contributed by atoms with E-state index in [0.717, 1.165) is 67.0 Å². The molecule has 2 aromatic carbocycles. The Morgan fingerprint density at radius 1 is 1.25 bits per heavy atom. The summed E-state index contributed by atoms with van der Waals surface area (Å²) in [7, 11) is 1.66. The van der Waals surface area contributed by atoms with Gasteiger partial charge in [0.1, 0.15) is 11.3 Å². The number of nitrogens with one attached hydrogen (secondary N) is 1. The van der Waals surface area contributed by atoms with Crippen molar-refractivity contribution in [3.8, 4) is 5.75 Å². The van der Waals surface area contributed by atoms with Crippen LogP contribution in [0.1, 0.15) is 27.9 Å². The number of benzene rings is 2. The minimum absolute atomic E-state index is 0.321. The van der Waals surface area contributed by atoms with Crippen molar-refractivity contribution in [1.29, 1.82) is 0 Å². The monoisotopic (exact) mass is 485 g/mol. The highest BCUT2D eigenvalue weighted by molar-refractivity contribution is 6.08. The number of carbonyl (C=O) groups is 1. The first-order chi connectivity index (χ1) is 17.5. The number of ether oxygens (including phenoxy) is 2. The zero-order valence-corrected chi connectivity index (χ0v) is 20.7. The van der Waals surface area contributed by atoms with E-state index in [4.69, 9.17) is 20.2 Å². The van der Waals surface area contributed by atoms with Crippen LogP contribution in [0.3, 0.4) is 0 Å². The molecule has 1 atom stereocenters. The summed E-state index contributed by atoms with van der Waals surface area (Å²) in [6.45, 7) is 6.26. The smallest absolute Gasteiger partial charge is 0.252 e. The highest BCUT2D eigenvalue weighted by Crippen LogP contribution is 2.43. The van der Waals surface area contributed by atoms with Crippen molar-refractivity contribution < 1.29 is 14.3 Å². The largest absolute Gasteiger partial charge is 0.496 e. The van der Waals surface area contributed by atoms with Crippen LogP contribution < -0.4 is 15.8 Å². The number of pyridine rings is 1. The third-order valence-electron chi connectivity index (χ3n) is 7.00. The zero-order valence-electron chi connectivity index (χ0n) is 20.7. The number of allylic oxidation sites excluding steroid dienone is 1. The number of methoxy groups -OCH3 is 1. The molecule has 1 saturated heterocycles. The first kappa shape index (κ1) is 24.0. The molecule has 3 aromatic rings. The van der Waals surface area contributed by atoms with Gasteiger partial charge in [0.25, 0.3) is 5.91 Å². The molecule has 5 rings (SSSR count). The number of nitrogens with two attached hydrogens (primary N) is 1. The van der Waals surface area contributed by atoms with Crippen molar-refractivity contribution in [2.75, 3.05) is 45.3 Å². The van der Waals surface area contributed by atoms with E-state index in [0.29, 0.717) is 17.0 Å². The van der Waals surface area contributed by atoms with E-state index in [1.807, 2.05) is 55.6 Å². The highest BCUT2D eigenvalue weighted by atomic mass is 16.5. The second kappa shape index (κ2) is 10.1. The van der Waals surface area contributed by atoms with Gasteiger partial charge in [0.2, 0.25) is 0 Å². The Balaban J connectivity index is 1.60. The molecular weight excluding hydrogens is 454 g/mol. The molecule has 1 fully saturated rings. The molecule has 8 nitrogen and oxygen atoms in total. The first-order valence-electron chi connectivity index (χ1n) is 12.2. The molecule has 1 unspecified atom stereocenters. The predicted octanol–water partition coefficient (Wildman–Crippen LogP) is 3.95. The Morgan fingerprint density at radius 2 is 2.06 bits per heavy atom. The van der Waals surface area contributed by atoms with Crippen molar-refractivity contribution in [3.05, 3.63) is 71.4 Å². The number of fused-ring (bicyclic) bond motifs is 1. The molecule has 2 aliphatic rings. The molecule has 1 aromatic heterocycles. The van der Waals surface area contributed by atoms with Gasteiger partial charge in [0, 0.05) is 48.7 Å². The van der Waals surface area contributed by atoms with Gasteiger partial charge in [-0.1, -0.05) is 24.3 Å². The SMILES string of the molecule is COc1cc2c(Nc3ccccc3C)c(C(N)=O)cnc2cc1C1(CCN2CCOCC2)C=CC=N1. The van der Waals surface area contributed by atoms with Crippen LogP contribution in [0.25, 0.3) is 10.9 Å². The third kappa shape index (κ3) is 4.57. The second-order valence-corrected chi connectivity index (χ2v) is 9.19. The molecule has 8 heteroatoms. The summed E-state index contributed by atoms with van der Waals surface area (Å²) in [5.74, 6) is 0.137. The number of hydrogen-bond acceptors (Lipinski definition) is 7. The summed E-state index contributed by atoms with van der Waals surface area (Å²) in [6, 6.07) is 11.9. The maximum absolute atomic E-state index is 12.3. The fraction of sp³-hybridized carbons (Fsp3) is 0.321. The van der Waals surface area contributed by atoms with Crippen LogP contribution in [0.2, 0.25) is 0 Å². The van der Waals surface area contributed by atoms with Gasteiger partial charge in [-0.2, -0.15) is 0 Å². The van der Waals surface area contributed by atoms with E-state index in [1.165, 1.54) is 6.20 Å². The fourth-order valence-electron chi connectivity index (χ4n) is 4.91. The van der Waals surface area contributed by atoms with Crippen molar-refractivity contribution >= 4 is 34.4 Å². The number of morpholine rings is 1. The fourth-order valence-corrected chi connectivity index (χ4v) is 4.91. The molecule has 2 aliphatic heterocycles. The number of hydrogen-bond donors (Lipinski definition) is 2. The normalized spacial score (nSPS) is 19.6. The summed E-state index contributed by atoms with van der Waals surface area (Å²) < 4.78 is 11.4. The molecule has 0 bridgehead atoms. The van der Waals surface area contributed by atoms with Crippen molar-refractivity contribution in [2.24, 2.45) is 10.7 Å². The number of primary amides is 1. The Kier molecular flexibility index (Phi) is 6.71. The summed E-state index contributed by atoms with van der Waals surface area (Å²) >= 11 is 0. The Hall–Kier alpha value is -3.75. The topological polar surface area (TPSA) is 102 Å². The van der Waals surface area contributed by atoms with Gasteiger partial charge in [-0.25, -0.2) is 0 Å².